The molecule has 2 aromatic carbocycles. The summed E-state index contributed by atoms with van der Waals surface area (Å²) in [5, 5.41) is 8.70. The van der Waals surface area contributed by atoms with E-state index in [-0.39, 0.29) is 12.0 Å². The lowest BCUT2D eigenvalue weighted by molar-refractivity contribution is -0.194. The third-order valence-corrected chi connectivity index (χ3v) is 6.42. The average molecular weight is 432 g/mol. The zero-order valence-corrected chi connectivity index (χ0v) is 17.5. The Labute approximate surface area is 179 Å². The van der Waals surface area contributed by atoms with Gasteiger partial charge in [-0.1, -0.05) is 0 Å². The Hall–Kier alpha value is -2.51. The summed E-state index contributed by atoms with van der Waals surface area (Å²) in [6, 6.07) is 8.92. The van der Waals surface area contributed by atoms with E-state index >= 15 is 0 Å². The number of ether oxygens (including phenoxy) is 3. The molecule has 2 heterocycles. The molecule has 2 saturated heterocycles. The first-order valence-electron chi connectivity index (χ1n) is 10.5. The molecule has 0 unspecified atom stereocenters. The summed E-state index contributed by atoms with van der Waals surface area (Å²) in [5.41, 5.74) is 0.858. The fourth-order valence-electron chi connectivity index (χ4n) is 4.69. The van der Waals surface area contributed by atoms with Crippen LogP contribution in [0.15, 0.2) is 36.4 Å². The molecule has 1 aliphatic carbocycles. The van der Waals surface area contributed by atoms with Crippen LogP contribution in [0.4, 0.5) is 8.78 Å². The summed E-state index contributed by atoms with van der Waals surface area (Å²) < 4.78 is 45.4. The summed E-state index contributed by atoms with van der Waals surface area (Å²) in [6.45, 7) is 2.38. The quantitative estimate of drug-likeness (QED) is 0.570. The SMILES string of the molecule is Cc1cc(F)cc(Oc2cc(F)cc(C34CCC(CCOCC(=O)O)(CC3)CO4)c2)c1. The molecule has 2 bridgehead atoms. The average Bonchev–Trinajstić information content (AvgIpc) is 2.71. The summed E-state index contributed by atoms with van der Waals surface area (Å²) in [5.74, 6) is -1.18. The highest BCUT2D eigenvalue weighted by Crippen LogP contribution is 2.55. The predicted octanol–water partition coefficient (Wildman–Crippen LogP) is 5.34. The van der Waals surface area contributed by atoms with Crippen molar-refractivity contribution >= 4 is 5.97 Å². The number of aryl methyl sites for hydroxylation is 1. The molecule has 2 aromatic rings. The van der Waals surface area contributed by atoms with Crippen LogP contribution in [-0.4, -0.2) is 30.9 Å². The van der Waals surface area contributed by atoms with Crippen molar-refractivity contribution in [1.82, 2.24) is 0 Å². The molecule has 5 nitrogen and oxygen atoms in total. The Morgan fingerprint density at radius 2 is 1.71 bits per heavy atom. The van der Waals surface area contributed by atoms with E-state index in [2.05, 4.69) is 0 Å². The molecule has 0 radical (unpaired) electrons. The number of rotatable bonds is 8. The second-order valence-corrected chi connectivity index (χ2v) is 8.72. The Kier molecular flexibility index (Phi) is 5.99. The zero-order valence-electron chi connectivity index (χ0n) is 17.5. The van der Waals surface area contributed by atoms with Crippen LogP contribution in [0.5, 0.6) is 11.5 Å². The first-order chi connectivity index (χ1) is 14.8. The second-order valence-electron chi connectivity index (χ2n) is 8.72. The number of hydrogen-bond acceptors (Lipinski definition) is 4. The van der Waals surface area contributed by atoms with E-state index in [0.29, 0.717) is 24.7 Å². The van der Waals surface area contributed by atoms with Gasteiger partial charge in [-0.2, -0.15) is 0 Å². The standard InChI is InChI=1S/C24H26F2O5/c1-16-8-18(25)12-20(9-16)31-21-11-17(10-19(26)13-21)24-4-2-23(3-5-24,15-30-24)6-7-29-14-22(27)28/h8-13H,2-7,14-15H2,1H3,(H,27,28). The topological polar surface area (TPSA) is 65.0 Å². The minimum absolute atomic E-state index is 0.0218. The lowest BCUT2D eigenvalue weighted by Crippen LogP contribution is -2.49. The molecule has 166 valence electrons. The monoisotopic (exact) mass is 432 g/mol. The molecular formula is C24H26F2O5. The van der Waals surface area contributed by atoms with E-state index < -0.39 is 23.2 Å². The molecule has 31 heavy (non-hydrogen) atoms. The highest BCUT2D eigenvalue weighted by atomic mass is 19.1. The molecule has 0 aromatic heterocycles. The zero-order chi connectivity index (χ0) is 22.1. The minimum Gasteiger partial charge on any atom is -0.480 e. The molecule has 1 saturated carbocycles. The van der Waals surface area contributed by atoms with Gasteiger partial charge in [-0.3, -0.25) is 0 Å². The first-order valence-corrected chi connectivity index (χ1v) is 10.5. The molecule has 5 rings (SSSR count). The van der Waals surface area contributed by atoms with Crippen LogP contribution >= 0.6 is 0 Å². The number of carbonyl (C=O) groups is 1. The second kappa shape index (κ2) is 8.55. The van der Waals surface area contributed by atoms with Crippen molar-refractivity contribution in [3.63, 3.8) is 0 Å². The molecule has 0 atom stereocenters. The van der Waals surface area contributed by atoms with Crippen molar-refractivity contribution in [2.45, 2.75) is 44.6 Å². The number of carboxylic acid groups (broad SMARTS) is 1. The number of benzene rings is 2. The maximum absolute atomic E-state index is 14.4. The highest BCUT2D eigenvalue weighted by Gasteiger charge is 2.50. The van der Waals surface area contributed by atoms with Crippen molar-refractivity contribution in [3.05, 3.63) is 59.2 Å². The van der Waals surface area contributed by atoms with Gasteiger partial charge in [0.15, 0.2) is 0 Å². The van der Waals surface area contributed by atoms with E-state index in [1.807, 2.05) is 0 Å². The summed E-state index contributed by atoms with van der Waals surface area (Å²) in [6.07, 6.45) is 4.03. The molecule has 2 aliphatic heterocycles. The van der Waals surface area contributed by atoms with Gasteiger partial charge >= 0.3 is 5.97 Å². The van der Waals surface area contributed by atoms with Crippen molar-refractivity contribution < 1.29 is 32.9 Å². The lowest BCUT2D eigenvalue weighted by Gasteiger charge is -2.53. The molecule has 1 N–H and O–H groups in total. The summed E-state index contributed by atoms with van der Waals surface area (Å²) >= 11 is 0. The maximum Gasteiger partial charge on any atom is 0.329 e. The van der Waals surface area contributed by atoms with Crippen molar-refractivity contribution in [1.29, 1.82) is 0 Å². The number of aliphatic carboxylic acids is 1. The molecule has 0 amide bonds. The smallest absolute Gasteiger partial charge is 0.329 e. The van der Waals surface area contributed by atoms with Gasteiger partial charge in [0, 0.05) is 18.7 Å². The van der Waals surface area contributed by atoms with Crippen LogP contribution in [0.2, 0.25) is 0 Å². The van der Waals surface area contributed by atoms with Crippen LogP contribution in [0.3, 0.4) is 0 Å². The number of carboxylic acids is 1. The molecule has 7 heteroatoms. The van der Waals surface area contributed by atoms with Crippen molar-refractivity contribution in [3.8, 4) is 11.5 Å². The normalized spacial score (nSPS) is 24.9. The largest absolute Gasteiger partial charge is 0.480 e. The fourth-order valence-corrected chi connectivity index (χ4v) is 4.69. The highest BCUT2D eigenvalue weighted by molar-refractivity contribution is 5.67. The van der Waals surface area contributed by atoms with Gasteiger partial charge in [0.2, 0.25) is 0 Å². The van der Waals surface area contributed by atoms with Gasteiger partial charge in [-0.15, -0.1) is 0 Å². The van der Waals surface area contributed by atoms with Gasteiger partial charge in [-0.25, -0.2) is 13.6 Å². The predicted molar refractivity (Wildman–Crippen MR) is 109 cm³/mol. The Bertz CT molecular complexity index is 930. The third kappa shape index (κ3) is 4.88. The Morgan fingerprint density at radius 3 is 2.32 bits per heavy atom. The van der Waals surface area contributed by atoms with Gasteiger partial charge in [-0.05, 0) is 79.8 Å². The van der Waals surface area contributed by atoms with E-state index in [1.165, 1.54) is 24.3 Å². The summed E-state index contributed by atoms with van der Waals surface area (Å²) in [7, 11) is 0. The first kappa shape index (κ1) is 21.7. The molecule has 0 spiro atoms. The summed E-state index contributed by atoms with van der Waals surface area (Å²) in [4.78, 5) is 10.6. The van der Waals surface area contributed by atoms with Gasteiger partial charge in [0.05, 0.1) is 12.2 Å². The van der Waals surface area contributed by atoms with Crippen LogP contribution in [0, 0.1) is 24.0 Å². The van der Waals surface area contributed by atoms with Crippen LogP contribution in [0.25, 0.3) is 0 Å². The van der Waals surface area contributed by atoms with Gasteiger partial charge in [0.1, 0.15) is 29.7 Å². The molecule has 3 fully saturated rings. The maximum atomic E-state index is 14.4. The number of fused-ring (bicyclic) bond motifs is 3. The minimum atomic E-state index is -0.974. The fraction of sp³-hybridized carbons (Fsp3) is 0.458. The lowest BCUT2D eigenvalue weighted by atomic mass is 9.63. The number of hydrogen-bond donors (Lipinski definition) is 1. The molecular weight excluding hydrogens is 406 g/mol. The Morgan fingerprint density at radius 1 is 1.03 bits per heavy atom. The van der Waals surface area contributed by atoms with E-state index in [0.717, 1.165) is 43.2 Å². The number of halogens is 2. The van der Waals surface area contributed by atoms with Crippen LogP contribution in [0.1, 0.15) is 43.2 Å². The van der Waals surface area contributed by atoms with Gasteiger partial charge < -0.3 is 19.3 Å². The van der Waals surface area contributed by atoms with E-state index in [1.54, 1.807) is 19.1 Å². The third-order valence-electron chi connectivity index (χ3n) is 6.42. The molecule has 3 aliphatic rings. The van der Waals surface area contributed by atoms with Gasteiger partial charge in [0.25, 0.3) is 0 Å². The van der Waals surface area contributed by atoms with Crippen LogP contribution < -0.4 is 4.74 Å². The van der Waals surface area contributed by atoms with Crippen molar-refractivity contribution in [2.24, 2.45) is 5.41 Å². The Balaban J connectivity index is 1.46. The van der Waals surface area contributed by atoms with Crippen LogP contribution in [-0.2, 0) is 19.9 Å². The van der Waals surface area contributed by atoms with Crippen molar-refractivity contribution in [2.75, 3.05) is 19.8 Å². The van der Waals surface area contributed by atoms with E-state index in [4.69, 9.17) is 19.3 Å². The van der Waals surface area contributed by atoms with E-state index in [9.17, 15) is 13.6 Å².